The van der Waals surface area contributed by atoms with E-state index in [1.54, 1.807) is 17.3 Å². The first-order valence-electron chi connectivity index (χ1n) is 5.55. The highest BCUT2D eigenvalue weighted by atomic mass is 79.9. The van der Waals surface area contributed by atoms with Crippen LogP contribution in [0, 0.1) is 0 Å². The molecule has 1 amide bonds. The summed E-state index contributed by atoms with van der Waals surface area (Å²) >= 11 is 4.82. The van der Waals surface area contributed by atoms with Crippen LogP contribution in [0.5, 0.6) is 0 Å². The van der Waals surface area contributed by atoms with Crippen LogP contribution in [-0.2, 0) is 6.42 Å². The number of nitrogens with zero attached hydrogens (tertiary/aromatic N) is 2. The summed E-state index contributed by atoms with van der Waals surface area (Å²) in [7, 11) is 1.83. The van der Waals surface area contributed by atoms with Crippen LogP contribution in [0.1, 0.15) is 15.2 Å². The Hall–Kier alpha value is -1.20. The van der Waals surface area contributed by atoms with Crippen molar-refractivity contribution in [2.45, 2.75) is 6.42 Å². The summed E-state index contributed by atoms with van der Waals surface area (Å²) < 4.78 is 0.957. The summed E-state index contributed by atoms with van der Waals surface area (Å²) in [6, 6.07) is 5.80. The third-order valence-corrected chi connectivity index (χ3v) is 4.29. The lowest BCUT2D eigenvalue weighted by Gasteiger charge is -2.16. The summed E-state index contributed by atoms with van der Waals surface area (Å²) in [5.41, 5.74) is 1.19. The van der Waals surface area contributed by atoms with Gasteiger partial charge in [-0.15, -0.1) is 11.3 Å². The van der Waals surface area contributed by atoms with E-state index in [0.717, 1.165) is 15.8 Å². The molecule has 2 aromatic rings. The molecule has 0 aliphatic rings. The van der Waals surface area contributed by atoms with Gasteiger partial charge in [0.15, 0.2) is 0 Å². The normalized spacial score (nSPS) is 10.3. The topological polar surface area (TPSA) is 33.2 Å². The standard InChI is InChI=1S/C13H13BrN2OS/c1-16(7-4-10-2-5-15-6-3-10)13(17)12-8-11(14)9-18-12/h2-3,5-6,8-9H,4,7H2,1H3. The summed E-state index contributed by atoms with van der Waals surface area (Å²) in [5.74, 6) is 0.0692. The highest BCUT2D eigenvalue weighted by Crippen LogP contribution is 2.20. The van der Waals surface area contributed by atoms with Crippen molar-refractivity contribution >= 4 is 33.2 Å². The van der Waals surface area contributed by atoms with Crippen molar-refractivity contribution in [1.29, 1.82) is 0 Å². The van der Waals surface area contributed by atoms with Crippen LogP contribution in [-0.4, -0.2) is 29.4 Å². The van der Waals surface area contributed by atoms with Crippen LogP contribution in [0.15, 0.2) is 40.4 Å². The van der Waals surface area contributed by atoms with E-state index in [-0.39, 0.29) is 5.91 Å². The van der Waals surface area contributed by atoms with E-state index in [9.17, 15) is 4.79 Å². The minimum Gasteiger partial charge on any atom is -0.341 e. The molecule has 0 unspecified atom stereocenters. The summed E-state index contributed by atoms with van der Waals surface area (Å²) in [6.07, 6.45) is 4.39. The van der Waals surface area contributed by atoms with Crippen LogP contribution in [0.25, 0.3) is 0 Å². The first-order valence-corrected chi connectivity index (χ1v) is 7.22. The molecule has 0 saturated heterocycles. The molecule has 94 valence electrons. The van der Waals surface area contributed by atoms with Crippen LogP contribution in [0.2, 0.25) is 0 Å². The van der Waals surface area contributed by atoms with Gasteiger partial charge in [-0.25, -0.2) is 0 Å². The van der Waals surface area contributed by atoms with Gasteiger partial charge in [0.25, 0.3) is 5.91 Å². The number of likely N-dealkylation sites (N-methyl/N-ethyl adjacent to an activating group) is 1. The Bertz CT molecular complexity index is 527. The molecular weight excluding hydrogens is 312 g/mol. The Morgan fingerprint density at radius 2 is 2.17 bits per heavy atom. The van der Waals surface area contributed by atoms with Gasteiger partial charge in [-0.2, -0.15) is 0 Å². The molecule has 0 aliphatic heterocycles. The van der Waals surface area contributed by atoms with E-state index in [1.807, 2.05) is 30.6 Å². The molecule has 0 atom stereocenters. The van der Waals surface area contributed by atoms with Gasteiger partial charge in [-0.3, -0.25) is 9.78 Å². The van der Waals surface area contributed by atoms with Crippen molar-refractivity contribution in [3.05, 3.63) is 50.9 Å². The first kappa shape index (κ1) is 13.2. The average Bonchev–Trinajstić information content (AvgIpc) is 2.83. The summed E-state index contributed by atoms with van der Waals surface area (Å²) in [6.45, 7) is 0.707. The van der Waals surface area contributed by atoms with Gasteiger partial charge in [0.1, 0.15) is 0 Å². The first-order chi connectivity index (χ1) is 8.66. The zero-order valence-corrected chi connectivity index (χ0v) is 12.4. The maximum Gasteiger partial charge on any atom is 0.263 e. The number of halogens is 1. The van der Waals surface area contributed by atoms with E-state index in [1.165, 1.54) is 16.9 Å². The number of thiophene rings is 1. The largest absolute Gasteiger partial charge is 0.341 e. The molecule has 0 fully saturated rings. The van der Waals surface area contributed by atoms with E-state index in [0.29, 0.717) is 6.54 Å². The molecule has 0 radical (unpaired) electrons. The molecule has 0 aromatic carbocycles. The molecule has 5 heteroatoms. The number of amides is 1. The Labute approximate surface area is 119 Å². The molecule has 0 N–H and O–H groups in total. The number of hydrogen-bond donors (Lipinski definition) is 0. The Balaban J connectivity index is 1.92. The van der Waals surface area contributed by atoms with Gasteiger partial charge in [-0.1, -0.05) is 0 Å². The van der Waals surface area contributed by atoms with E-state index >= 15 is 0 Å². The van der Waals surface area contributed by atoms with Gasteiger partial charge in [0.2, 0.25) is 0 Å². The molecule has 3 nitrogen and oxygen atoms in total. The smallest absolute Gasteiger partial charge is 0.263 e. The monoisotopic (exact) mass is 324 g/mol. The number of carbonyl (C=O) groups excluding carboxylic acids is 1. The summed E-state index contributed by atoms with van der Waals surface area (Å²) in [4.78, 5) is 18.6. The number of aromatic nitrogens is 1. The fraction of sp³-hybridized carbons (Fsp3) is 0.231. The molecule has 2 rings (SSSR count). The predicted octanol–water partition coefficient (Wildman–Crippen LogP) is 3.22. The van der Waals surface area contributed by atoms with E-state index in [4.69, 9.17) is 0 Å². The molecule has 0 aliphatic carbocycles. The predicted molar refractivity (Wildman–Crippen MR) is 76.9 cm³/mol. The van der Waals surface area contributed by atoms with Gasteiger partial charge in [0.05, 0.1) is 4.88 Å². The van der Waals surface area contributed by atoms with Gasteiger partial charge in [-0.05, 0) is 46.1 Å². The number of pyridine rings is 1. The van der Waals surface area contributed by atoms with Crippen LogP contribution < -0.4 is 0 Å². The van der Waals surface area contributed by atoms with Crippen molar-refractivity contribution in [3.8, 4) is 0 Å². The number of rotatable bonds is 4. The maximum atomic E-state index is 12.1. The van der Waals surface area contributed by atoms with E-state index in [2.05, 4.69) is 20.9 Å². The van der Waals surface area contributed by atoms with Gasteiger partial charge < -0.3 is 4.90 Å². The van der Waals surface area contributed by atoms with Crippen molar-refractivity contribution in [2.75, 3.05) is 13.6 Å². The SMILES string of the molecule is CN(CCc1ccncc1)C(=O)c1cc(Br)cs1. The zero-order chi connectivity index (χ0) is 13.0. The van der Waals surface area contributed by atoms with Crippen LogP contribution in [0.3, 0.4) is 0 Å². The zero-order valence-electron chi connectivity index (χ0n) is 9.97. The third kappa shape index (κ3) is 3.40. The van der Waals surface area contributed by atoms with Gasteiger partial charge in [0, 0.05) is 35.8 Å². The Morgan fingerprint density at radius 1 is 1.44 bits per heavy atom. The van der Waals surface area contributed by atoms with Crippen molar-refractivity contribution in [1.82, 2.24) is 9.88 Å². The molecule has 0 bridgehead atoms. The van der Waals surface area contributed by atoms with Crippen LogP contribution in [0.4, 0.5) is 0 Å². The van der Waals surface area contributed by atoms with Gasteiger partial charge >= 0.3 is 0 Å². The quantitative estimate of drug-likeness (QED) is 0.865. The lowest BCUT2D eigenvalue weighted by atomic mass is 10.2. The minimum atomic E-state index is 0.0692. The Kier molecular flexibility index (Phi) is 4.49. The van der Waals surface area contributed by atoms with Crippen molar-refractivity contribution < 1.29 is 4.79 Å². The molecule has 0 saturated carbocycles. The summed E-state index contributed by atoms with van der Waals surface area (Å²) in [5, 5.41) is 1.92. The molecule has 2 aromatic heterocycles. The highest BCUT2D eigenvalue weighted by Gasteiger charge is 2.13. The second-order valence-electron chi connectivity index (χ2n) is 3.96. The lowest BCUT2D eigenvalue weighted by Crippen LogP contribution is -2.28. The second kappa shape index (κ2) is 6.11. The van der Waals surface area contributed by atoms with Crippen molar-refractivity contribution in [3.63, 3.8) is 0 Å². The second-order valence-corrected chi connectivity index (χ2v) is 5.79. The van der Waals surface area contributed by atoms with Crippen molar-refractivity contribution in [2.24, 2.45) is 0 Å². The third-order valence-electron chi connectivity index (χ3n) is 2.61. The fourth-order valence-corrected chi connectivity index (χ4v) is 2.98. The highest BCUT2D eigenvalue weighted by molar-refractivity contribution is 9.10. The molecule has 0 spiro atoms. The average molecular weight is 325 g/mol. The molecule has 2 heterocycles. The Morgan fingerprint density at radius 3 is 2.78 bits per heavy atom. The maximum absolute atomic E-state index is 12.1. The lowest BCUT2D eigenvalue weighted by molar-refractivity contribution is 0.0801. The minimum absolute atomic E-state index is 0.0692. The fourth-order valence-electron chi connectivity index (χ4n) is 1.56. The number of hydrogen-bond acceptors (Lipinski definition) is 3. The molecule has 18 heavy (non-hydrogen) atoms. The van der Waals surface area contributed by atoms with Crippen LogP contribution >= 0.6 is 27.3 Å². The van der Waals surface area contributed by atoms with E-state index < -0.39 is 0 Å². The molecular formula is C13H13BrN2OS. The number of carbonyl (C=O) groups is 1.